The van der Waals surface area contributed by atoms with E-state index in [2.05, 4.69) is 12.2 Å². The fraction of sp³-hybridized carbons (Fsp3) is 0.889. The van der Waals surface area contributed by atoms with Crippen LogP contribution in [0.4, 0.5) is 0 Å². The number of carbonyl (C=O) groups is 1. The maximum Gasteiger partial charge on any atom is 0.234 e. The van der Waals surface area contributed by atoms with Crippen LogP contribution in [-0.4, -0.2) is 31.0 Å². The topological polar surface area (TPSA) is 38.3 Å². The van der Waals surface area contributed by atoms with Gasteiger partial charge in [0.25, 0.3) is 0 Å². The van der Waals surface area contributed by atoms with Crippen LogP contribution in [-0.2, 0) is 9.53 Å². The molecule has 2 unspecified atom stereocenters. The second kappa shape index (κ2) is 5.45. The number of nitrogens with one attached hydrogen (secondary N) is 1. The van der Waals surface area contributed by atoms with Crippen molar-refractivity contribution in [2.24, 2.45) is 5.92 Å². The number of halogens is 1. The van der Waals surface area contributed by atoms with Crippen LogP contribution in [0.5, 0.6) is 0 Å². The van der Waals surface area contributed by atoms with Gasteiger partial charge in [0.15, 0.2) is 0 Å². The van der Waals surface area contributed by atoms with E-state index in [4.69, 9.17) is 16.3 Å². The van der Waals surface area contributed by atoms with E-state index in [0.717, 1.165) is 26.0 Å². The third-order valence-electron chi connectivity index (χ3n) is 2.30. The highest BCUT2D eigenvalue weighted by atomic mass is 35.5. The number of hydrogen-bond donors (Lipinski definition) is 1. The molecule has 1 aliphatic rings. The van der Waals surface area contributed by atoms with Gasteiger partial charge in [-0.15, -0.1) is 11.6 Å². The number of alkyl halides is 1. The smallest absolute Gasteiger partial charge is 0.234 e. The summed E-state index contributed by atoms with van der Waals surface area (Å²) in [6.45, 7) is 3.61. The minimum atomic E-state index is -0.0826. The molecule has 1 N–H and O–H groups in total. The predicted octanol–water partition coefficient (Wildman–Crippen LogP) is 1.16. The van der Waals surface area contributed by atoms with Crippen molar-refractivity contribution in [1.29, 1.82) is 0 Å². The third-order valence-corrected chi connectivity index (χ3v) is 2.55. The first kappa shape index (κ1) is 10.8. The molecule has 76 valence electrons. The third kappa shape index (κ3) is 3.96. The highest BCUT2D eigenvalue weighted by Crippen LogP contribution is 2.18. The van der Waals surface area contributed by atoms with Crippen LogP contribution in [0.25, 0.3) is 0 Å². The zero-order valence-electron chi connectivity index (χ0n) is 7.88. The second-order valence-electron chi connectivity index (χ2n) is 3.51. The van der Waals surface area contributed by atoms with E-state index >= 15 is 0 Å². The van der Waals surface area contributed by atoms with Crippen molar-refractivity contribution in [3.8, 4) is 0 Å². The van der Waals surface area contributed by atoms with Gasteiger partial charge in [0.05, 0.1) is 6.10 Å². The first-order valence-corrected chi connectivity index (χ1v) is 5.20. The Balaban J connectivity index is 2.17. The lowest BCUT2D eigenvalue weighted by atomic mass is 9.96. The van der Waals surface area contributed by atoms with Gasteiger partial charge in [-0.1, -0.05) is 0 Å². The quantitative estimate of drug-likeness (QED) is 0.703. The summed E-state index contributed by atoms with van der Waals surface area (Å²) >= 11 is 5.36. The molecule has 0 bridgehead atoms. The van der Waals surface area contributed by atoms with Gasteiger partial charge in [-0.3, -0.25) is 4.79 Å². The van der Waals surface area contributed by atoms with Crippen LogP contribution in [0.15, 0.2) is 0 Å². The summed E-state index contributed by atoms with van der Waals surface area (Å²) < 4.78 is 5.40. The van der Waals surface area contributed by atoms with E-state index in [-0.39, 0.29) is 11.8 Å². The molecule has 0 aliphatic carbocycles. The van der Waals surface area contributed by atoms with E-state index in [1.807, 2.05) is 0 Å². The van der Waals surface area contributed by atoms with Crippen LogP contribution in [0, 0.1) is 5.92 Å². The minimum Gasteiger partial charge on any atom is -0.378 e. The van der Waals surface area contributed by atoms with E-state index in [0.29, 0.717) is 12.0 Å². The van der Waals surface area contributed by atoms with Crippen molar-refractivity contribution >= 4 is 17.5 Å². The number of carbonyl (C=O) groups excluding carboxylic acids is 1. The Kier molecular flexibility index (Phi) is 4.53. The molecule has 3 nitrogen and oxygen atoms in total. The minimum absolute atomic E-state index is 0.0543. The Hall–Kier alpha value is -0.280. The van der Waals surface area contributed by atoms with Gasteiger partial charge >= 0.3 is 0 Å². The molecule has 1 fully saturated rings. The highest BCUT2D eigenvalue weighted by Gasteiger charge is 2.19. The molecule has 1 saturated heterocycles. The zero-order chi connectivity index (χ0) is 9.68. The lowest BCUT2D eigenvalue weighted by Crippen LogP contribution is -2.34. The summed E-state index contributed by atoms with van der Waals surface area (Å²) in [4.78, 5) is 10.9. The fourth-order valence-electron chi connectivity index (χ4n) is 1.58. The molecule has 0 aromatic carbocycles. The summed E-state index contributed by atoms with van der Waals surface area (Å²) in [6.07, 6.45) is 2.39. The Morgan fingerprint density at radius 2 is 2.46 bits per heavy atom. The van der Waals surface area contributed by atoms with Gasteiger partial charge in [-0.05, 0) is 25.7 Å². The summed E-state index contributed by atoms with van der Waals surface area (Å²) in [5.74, 6) is 0.524. The van der Waals surface area contributed by atoms with Crippen LogP contribution >= 0.6 is 11.6 Å². The summed E-state index contributed by atoms with van der Waals surface area (Å²) in [5.41, 5.74) is 0. The number of hydrogen-bond acceptors (Lipinski definition) is 2. The van der Waals surface area contributed by atoms with Crippen molar-refractivity contribution in [1.82, 2.24) is 5.32 Å². The molecule has 1 amide bonds. The fourth-order valence-corrected chi connectivity index (χ4v) is 1.68. The Morgan fingerprint density at radius 1 is 1.69 bits per heavy atom. The Morgan fingerprint density at radius 3 is 3.08 bits per heavy atom. The molecule has 13 heavy (non-hydrogen) atoms. The van der Waals surface area contributed by atoms with Crippen molar-refractivity contribution in [3.05, 3.63) is 0 Å². The van der Waals surface area contributed by atoms with Crippen LogP contribution in [0.3, 0.4) is 0 Å². The molecule has 1 heterocycles. The summed E-state index contributed by atoms with van der Waals surface area (Å²) in [5, 5.41) is 2.80. The SMILES string of the molecule is CC1CC(CNC(=O)CCl)CCO1. The molecule has 2 atom stereocenters. The average molecular weight is 206 g/mol. The first-order chi connectivity index (χ1) is 6.22. The molecule has 0 spiro atoms. The van der Waals surface area contributed by atoms with Gasteiger partial charge in [-0.2, -0.15) is 0 Å². The van der Waals surface area contributed by atoms with E-state index in [1.165, 1.54) is 0 Å². The van der Waals surface area contributed by atoms with Crippen molar-refractivity contribution in [3.63, 3.8) is 0 Å². The second-order valence-corrected chi connectivity index (χ2v) is 3.78. The van der Waals surface area contributed by atoms with Gasteiger partial charge in [0.1, 0.15) is 5.88 Å². The first-order valence-electron chi connectivity index (χ1n) is 4.66. The molecule has 0 saturated carbocycles. The molecular formula is C9H16ClNO2. The lowest BCUT2D eigenvalue weighted by Gasteiger charge is -2.27. The molecule has 1 aliphatic heterocycles. The lowest BCUT2D eigenvalue weighted by molar-refractivity contribution is -0.119. The molecular weight excluding hydrogens is 190 g/mol. The Labute approximate surface area is 83.8 Å². The number of rotatable bonds is 3. The van der Waals surface area contributed by atoms with Crippen LogP contribution in [0.1, 0.15) is 19.8 Å². The predicted molar refractivity (Wildman–Crippen MR) is 51.9 cm³/mol. The highest BCUT2D eigenvalue weighted by molar-refractivity contribution is 6.27. The molecule has 0 aromatic rings. The van der Waals surface area contributed by atoms with Gasteiger partial charge in [-0.25, -0.2) is 0 Å². The summed E-state index contributed by atoms with van der Waals surface area (Å²) in [6, 6.07) is 0. The maximum absolute atomic E-state index is 10.9. The van der Waals surface area contributed by atoms with Crippen molar-refractivity contribution in [2.45, 2.75) is 25.9 Å². The normalized spacial score (nSPS) is 28.5. The average Bonchev–Trinajstić information content (AvgIpc) is 2.14. The van der Waals surface area contributed by atoms with Gasteiger partial charge in [0.2, 0.25) is 5.91 Å². The van der Waals surface area contributed by atoms with Crippen LogP contribution in [0.2, 0.25) is 0 Å². The van der Waals surface area contributed by atoms with Crippen molar-refractivity contribution < 1.29 is 9.53 Å². The van der Waals surface area contributed by atoms with E-state index in [1.54, 1.807) is 0 Å². The van der Waals surface area contributed by atoms with E-state index in [9.17, 15) is 4.79 Å². The Bertz CT molecular complexity index is 175. The number of amides is 1. The summed E-state index contributed by atoms with van der Waals surface area (Å²) in [7, 11) is 0. The monoisotopic (exact) mass is 205 g/mol. The molecule has 0 aromatic heterocycles. The standard InChI is InChI=1S/C9H16ClNO2/c1-7-4-8(2-3-13-7)6-11-9(12)5-10/h7-8H,2-6H2,1H3,(H,11,12). The van der Waals surface area contributed by atoms with E-state index < -0.39 is 0 Å². The largest absolute Gasteiger partial charge is 0.378 e. The maximum atomic E-state index is 10.9. The zero-order valence-corrected chi connectivity index (χ0v) is 8.64. The number of ether oxygens (including phenoxy) is 1. The molecule has 4 heteroatoms. The molecule has 0 radical (unpaired) electrons. The van der Waals surface area contributed by atoms with Gasteiger partial charge in [0, 0.05) is 13.2 Å². The molecule has 1 rings (SSSR count). The van der Waals surface area contributed by atoms with Gasteiger partial charge < -0.3 is 10.1 Å². The van der Waals surface area contributed by atoms with Crippen LogP contribution < -0.4 is 5.32 Å². The van der Waals surface area contributed by atoms with Crippen molar-refractivity contribution in [2.75, 3.05) is 19.0 Å².